The Morgan fingerprint density at radius 3 is 2.62 bits per heavy atom. The Morgan fingerprint density at radius 1 is 1.03 bits per heavy atom. The topological polar surface area (TPSA) is 54.9 Å². The molecule has 4 rings (SSSR count). The van der Waals surface area contributed by atoms with Gasteiger partial charge in [-0.1, -0.05) is 54.6 Å². The molecule has 0 aliphatic carbocycles. The third kappa shape index (κ3) is 4.33. The van der Waals surface area contributed by atoms with Crippen molar-refractivity contribution in [1.29, 1.82) is 0 Å². The van der Waals surface area contributed by atoms with E-state index in [9.17, 15) is 4.79 Å². The number of fused-ring (bicyclic) bond motifs is 1. The van der Waals surface area contributed by atoms with Gasteiger partial charge in [0, 0.05) is 17.7 Å². The highest BCUT2D eigenvalue weighted by Crippen LogP contribution is 2.30. The van der Waals surface area contributed by atoms with E-state index >= 15 is 0 Å². The van der Waals surface area contributed by atoms with Gasteiger partial charge in [0.25, 0.3) is 5.91 Å². The summed E-state index contributed by atoms with van der Waals surface area (Å²) in [5.74, 6) is 0.913. The SMILES string of the molecule is Cc1ccc(C)c(NC(=O)[C@@H]([NH2+][C@H]2CCOc3ccccc32)c2ccccc2)c1. The average molecular weight is 388 g/mol. The van der Waals surface area contributed by atoms with Gasteiger partial charge in [0.1, 0.15) is 11.8 Å². The molecular formula is C25H27N2O2+. The fraction of sp³-hybridized carbons (Fsp3) is 0.240. The van der Waals surface area contributed by atoms with Gasteiger partial charge >= 0.3 is 0 Å². The summed E-state index contributed by atoms with van der Waals surface area (Å²) in [6.45, 7) is 4.72. The lowest BCUT2D eigenvalue weighted by Gasteiger charge is -2.27. The highest BCUT2D eigenvalue weighted by atomic mass is 16.5. The van der Waals surface area contributed by atoms with E-state index in [1.54, 1.807) is 0 Å². The lowest BCUT2D eigenvalue weighted by Crippen LogP contribution is -2.88. The van der Waals surface area contributed by atoms with Gasteiger partial charge in [-0.3, -0.25) is 4.79 Å². The molecule has 0 spiro atoms. The number of carbonyl (C=O) groups excluding carboxylic acids is 1. The molecule has 0 fully saturated rings. The van der Waals surface area contributed by atoms with E-state index in [2.05, 4.69) is 22.8 Å². The predicted molar refractivity (Wildman–Crippen MR) is 115 cm³/mol. The van der Waals surface area contributed by atoms with Crippen LogP contribution in [0.15, 0.2) is 72.8 Å². The first-order valence-electron chi connectivity index (χ1n) is 10.1. The number of anilines is 1. The van der Waals surface area contributed by atoms with Crippen LogP contribution in [-0.2, 0) is 4.79 Å². The number of ether oxygens (including phenoxy) is 1. The number of hydrogen-bond donors (Lipinski definition) is 2. The zero-order valence-corrected chi connectivity index (χ0v) is 16.9. The van der Waals surface area contributed by atoms with Crippen molar-refractivity contribution in [3.05, 3.63) is 95.1 Å². The second-order valence-electron chi connectivity index (χ2n) is 7.67. The number of nitrogens with two attached hydrogens (primary N) is 1. The highest BCUT2D eigenvalue weighted by molar-refractivity contribution is 5.95. The van der Waals surface area contributed by atoms with Crippen LogP contribution < -0.4 is 15.4 Å². The molecule has 1 heterocycles. The fourth-order valence-electron chi connectivity index (χ4n) is 3.89. The second kappa shape index (κ2) is 8.50. The Kier molecular flexibility index (Phi) is 5.63. The highest BCUT2D eigenvalue weighted by Gasteiger charge is 2.32. The predicted octanol–water partition coefficient (Wildman–Crippen LogP) is 4.07. The molecule has 2 atom stereocenters. The van der Waals surface area contributed by atoms with Gasteiger partial charge in [-0.25, -0.2) is 0 Å². The quantitative estimate of drug-likeness (QED) is 0.693. The molecule has 0 saturated carbocycles. The number of amides is 1. The van der Waals surface area contributed by atoms with Crippen LogP contribution in [-0.4, -0.2) is 12.5 Å². The van der Waals surface area contributed by atoms with Crippen LogP contribution in [0.5, 0.6) is 5.75 Å². The Bertz CT molecular complexity index is 1000. The third-order valence-electron chi connectivity index (χ3n) is 5.52. The van der Waals surface area contributed by atoms with Crippen LogP contribution in [0.4, 0.5) is 5.69 Å². The Balaban J connectivity index is 1.63. The van der Waals surface area contributed by atoms with Crippen molar-refractivity contribution in [3.63, 3.8) is 0 Å². The summed E-state index contributed by atoms with van der Waals surface area (Å²) in [6, 6.07) is 24.1. The first-order valence-corrected chi connectivity index (χ1v) is 10.1. The molecule has 4 heteroatoms. The van der Waals surface area contributed by atoms with Gasteiger partial charge in [0.15, 0.2) is 6.04 Å². The molecule has 148 valence electrons. The van der Waals surface area contributed by atoms with E-state index in [1.807, 2.05) is 74.5 Å². The molecule has 0 radical (unpaired) electrons. The molecule has 3 aromatic rings. The van der Waals surface area contributed by atoms with Gasteiger partial charge in [0.2, 0.25) is 0 Å². The van der Waals surface area contributed by atoms with Crippen molar-refractivity contribution in [2.75, 3.05) is 11.9 Å². The van der Waals surface area contributed by atoms with Crippen molar-refractivity contribution < 1.29 is 14.8 Å². The molecular weight excluding hydrogens is 360 g/mol. The monoisotopic (exact) mass is 387 g/mol. The van der Waals surface area contributed by atoms with Crippen molar-refractivity contribution in [1.82, 2.24) is 0 Å². The van der Waals surface area contributed by atoms with Gasteiger partial charge in [-0.05, 0) is 43.2 Å². The zero-order chi connectivity index (χ0) is 20.2. The number of benzene rings is 3. The molecule has 0 saturated heterocycles. The average Bonchev–Trinajstić information content (AvgIpc) is 2.75. The Hall–Kier alpha value is -3.11. The summed E-state index contributed by atoms with van der Waals surface area (Å²) < 4.78 is 5.81. The van der Waals surface area contributed by atoms with Gasteiger partial charge in [-0.15, -0.1) is 0 Å². The number of quaternary nitrogens is 1. The lowest BCUT2D eigenvalue weighted by molar-refractivity contribution is -0.723. The minimum absolute atomic E-state index is 0.00567. The molecule has 0 aromatic heterocycles. The van der Waals surface area contributed by atoms with E-state index < -0.39 is 0 Å². The van der Waals surface area contributed by atoms with E-state index in [4.69, 9.17) is 4.74 Å². The third-order valence-corrected chi connectivity index (χ3v) is 5.52. The van der Waals surface area contributed by atoms with E-state index in [0.717, 1.165) is 40.1 Å². The number of para-hydroxylation sites is 1. The van der Waals surface area contributed by atoms with Gasteiger partial charge in [0.05, 0.1) is 12.2 Å². The van der Waals surface area contributed by atoms with Gasteiger partial charge in [-0.2, -0.15) is 0 Å². The van der Waals surface area contributed by atoms with E-state index in [0.29, 0.717) is 6.61 Å². The number of hydrogen-bond acceptors (Lipinski definition) is 2. The molecule has 3 N–H and O–H groups in total. The summed E-state index contributed by atoms with van der Waals surface area (Å²) in [7, 11) is 0. The Morgan fingerprint density at radius 2 is 1.79 bits per heavy atom. The van der Waals surface area contributed by atoms with E-state index in [1.165, 1.54) is 0 Å². The van der Waals surface area contributed by atoms with Crippen LogP contribution in [0.3, 0.4) is 0 Å². The lowest BCUT2D eigenvalue weighted by atomic mass is 9.97. The smallest absolute Gasteiger partial charge is 0.287 e. The minimum Gasteiger partial charge on any atom is -0.493 e. The maximum absolute atomic E-state index is 13.4. The Labute approximate surface area is 171 Å². The van der Waals surface area contributed by atoms with Crippen molar-refractivity contribution >= 4 is 11.6 Å². The number of aryl methyl sites for hydroxylation is 2. The molecule has 3 aromatic carbocycles. The maximum atomic E-state index is 13.4. The number of nitrogens with one attached hydrogen (secondary N) is 1. The zero-order valence-electron chi connectivity index (χ0n) is 16.9. The first-order chi connectivity index (χ1) is 14.1. The summed E-state index contributed by atoms with van der Waals surface area (Å²) in [6.07, 6.45) is 0.872. The standard InChI is InChI=1S/C25H26N2O2/c1-17-12-13-18(2)22(16-17)27-25(28)24(19-8-4-3-5-9-19)26-21-14-15-29-23-11-7-6-10-20(21)23/h3-13,16,21,24,26H,14-15H2,1-2H3,(H,27,28)/p+1/t21-,24-/m0/s1. The second-order valence-corrected chi connectivity index (χ2v) is 7.67. The van der Waals surface area contributed by atoms with Crippen molar-refractivity contribution in [2.24, 2.45) is 0 Å². The van der Waals surface area contributed by atoms with Gasteiger partial charge < -0.3 is 15.4 Å². The molecule has 1 aliphatic rings. The molecule has 0 unspecified atom stereocenters. The molecule has 1 aliphatic heterocycles. The van der Waals surface area contributed by atoms with Crippen LogP contribution in [0.1, 0.15) is 40.8 Å². The number of carbonyl (C=O) groups is 1. The molecule has 4 nitrogen and oxygen atoms in total. The van der Waals surface area contributed by atoms with Crippen molar-refractivity contribution in [3.8, 4) is 5.75 Å². The summed E-state index contributed by atoms with van der Waals surface area (Å²) in [4.78, 5) is 13.4. The summed E-state index contributed by atoms with van der Waals surface area (Å²) >= 11 is 0. The number of rotatable bonds is 5. The molecule has 29 heavy (non-hydrogen) atoms. The van der Waals surface area contributed by atoms with Crippen LogP contribution in [0, 0.1) is 13.8 Å². The van der Waals surface area contributed by atoms with Crippen LogP contribution in [0.25, 0.3) is 0 Å². The largest absolute Gasteiger partial charge is 0.493 e. The summed E-state index contributed by atoms with van der Waals surface area (Å²) in [5.41, 5.74) is 5.21. The van der Waals surface area contributed by atoms with Crippen LogP contribution in [0.2, 0.25) is 0 Å². The minimum atomic E-state index is -0.340. The molecule has 0 bridgehead atoms. The van der Waals surface area contributed by atoms with Crippen LogP contribution >= 0.6 is 0 Å². The summed E-state index contributed by atoms with van der Waals surface area (Å²) in [5, 5.41) is 5.34. The normalized spacial score (nSPS) is 16.4. The van der Waals surface area contributed by atoms with E-state index in [-0.39, 0.29) is 18.0 Å². The fourth-order valence-corrected chi connectivity index (χ4v) is 3.89. The first kappa shape index (κ1) is 19.2. The molecule has 1 amide bonds. The van der Waals surface area contributed by atoms with Crippen molar-refractivity contribution in [2.45, 2.75) is 32.4 Å². The maximum Gasteiger partial charge on any atom is 0.287 e.